The van der Waals surface area contributed by atoms with E-state index in [-0.39, 0.29) is 29.6 Å². The summed E-state index contributed by atoms with van der Waals surface area (Å²) in [5.41, 5.74) is 1.07. The van der Waals surface area contributed by atoms with Crippen LogP contribution in [-0.2, 0) is 6.54 Å². The average molecular weight is 524 g/mol. The number of amides is 2. The van der Waals surface area contributed by atoms with Gasteiger partial charge in [0.1, 0.15) is 5.82 Å². The molecule has 0 N–H and O–H groups in total. The molecule has 1 aliphatic heterocycles. The van der Waals surface area contributed by atoms with Crippen molar-refractivity contribution < 1.29 is 22.4 Å². The van der Waals surface area contributed by atoms with Crippen molar-refractivity contribution in [2.45, 2.75) is 13.0 Å². The Labute approximate surface area is 196 Å². The van der Waals surface area contributed by atoms with E-state index in [0.29, 0.717) is 18.8 Å². The van der Waals surface area contributed by atoms with Crippen LogP contribution in [0.4, 0.5) is 23.7 Å². The third-order valence-corrected chi connectivity index (χ3v) is 5.93. The zero-order valence-corrected chi connectivity index (χ0v) is 19.3. The van der Waals surface area contributed by atoms with Crippen LogP contribution in [0.3, 0.4) is 0 Å². The summed E-state index contributed by atoms with van der Waals surface area (Å²) in [4.78, 5) is 18.8. The molecule has 2 amide bonds. The molecular weight excluding hydrogens is 503 g/mol. The van der Waals surface area contributed by atoms with Crippen molar-refractivity contribution in [2.24, 2.45) is 0 Å². The molecule has 1 fully saturated rings. The van der Waals surface area contributed by atoms with Gasteiger partial charge in [-0.05, 0) is 43.4 Å². The second-order valence-corrected chi connectivity index (χ2v) is 8.60. The summed E-state index contributed by atoms with van der Waals surface area (Å²) >= 11 is 3.39. The normalized spacial score (nSPS) is 14.7. The van der Waals surface area contributed by atoms with E-state index in [1.807, 2.05) is 19.2 Å². The minimum Gasteiger partial charge on any atom is -0.415 e. The molecule has 2 aromatic carbocycles. The molecular formula is C22H21BrF3N5O2. The highest BCUT2D eigenvalue weighted by Gasteiger charge is 2.26. The van der Waals surface area contributed by atoms with Crippen molar-refractivity contribution in [3.8, 4) is 11.5 Å². The SMILES string of the molecule is CN1CCN(C(=O)N(Cc2ccc(-c3nnc(C(F)F)o3)cc2F)c2ccc(Br)cc2)CC1. The van der Waals surface area contributed by atoms with Crippen LogP contribution in [-0.4, -0.2) is 59.3 Å². The lowest BCUT2D eigenvalue weighted by molar-refractivity contribution is 0.116. The molecule has 11 heteroatoms. The molecule has 174 valence electrons. The predicted molar refractivity (Wildman–Crippen MR) is 119 cm³/mol. The van der Waals surface area contributed by atoms with Gasteiger partial charge in [-0.1, -0.05) is 22.0 Å². The van der Waals surface area contributed by atoms with Gasteiger partial charge in [-0.15, -0.1) is 10.2 Å². The Morgan fingerprint density at radius 1 is 1.12 bits per heavy atom. The van der Waals surface area contributed by atoms with E-state index < -0.39 is 18.1 Å². The first kappa shape index (κ1) is 23.2. The van der Waals surface area contributed by atoms with E-state index in [4.69, 9.17) is 4.42 Å². The minimum absolute atomic E-state index is 0.00889. The van der Waals surface area contributed by atoms with Crippen LogP contribution >= 0.6 is 15.9 Å². The van der Waals surface area contributed by atoms with Crippen LogP contribution in [0, 0.1) is 5.82 Å². The highest BCUT2D eigenvalue weighted by Crippen LogP contribution is 2.27. The molecule has 3 aromatic rings. The highest BCUT2D eigenvalue weighted by molar-refractivity contribution is 9.10. The lowest BCUT2D eigenvalue weighted by atomic mass is 10.1. The maximum absolute atomic E-state index is 15.0. The number of urea groups is 1. The molecule has 0 radical (unpaired) electrons. The molecule has 0 unspecified atom stereocenters. The lowest BCUT2D eigenvalue weighted by Gasteiger charge is -2.36. The monoisotopic (exact) mass is 523 g/mol. The van der Waals surface area contributed by atoms with E-state index in [1.165, 1.54) is 17.0 Å². The summed E-state index contributed by atoms with van der Waals surface area (Å²) in [6.45, 7) is 2.66. The lowest BCUT2D eigenvalue weighted by Crippen LogP contribution is -2.52. The first-order chi connectivity index (χ1) is 15.8. The fourth-order valence-electron chi connectivity index (χ4n) is 3.48. The van der Waals surface area contributed by atoms with Crippen LogP contribution in [0.2, 0.25) is 0 Å². The molecule has 1 saturated heterocycles. The fraction of sp³-hybridized carbons (Fsp3) is 0.318. The van der Waals surface area contributed by atoms with E-state index in [9.17, 15) is 18.0 Å². The summed E-state index contributed by atoms with van der Waals surface area (Å²) in [6, 6.07) is 11.1. The third kappa shape index (κ3) is 5.36. The average Bonchev–Trinajstić information content (AvgIpc) is 3.30. The molecule has 33 heavy (non-hydrogen) atoms. The van der Waals surface area contributed by atoms with Gasteiger partial charge in [0.15, 0.2) is 0 Å². The first-order valence-corrected chi connectivity index (χ1v) is 11.0. The Hall–Kier alpha value is -2.92. The quantitative estimate of drug-likeness (QED) is 0.473. The van der Waals surface area contributed by atoms with Crippen molar-refractivity contribution in [3.63, 3.8) is 0 Å². The second kappa shape index (κ2) is 9.92. The number of carbonyl (C=O) groups is 1. The molecule has 1 aliphatic rings. The van der Waals surface area contributed by atoms with Crippen LogP contribution in [0.25, 0.3) is 11.5 Å². The number of aromatic nitrogens is 2. The summed E-state index contributed by atoms with van der Waals surface area (Å²) in [7, 11) is 2.00. The van der Waals surface area contributed by atoms with Gasteiger partial charge >= 0.3 is 12.5 Å². The summed E-state index contributed by atoms with van der Waals surface area (Å²) in [6.07, 6.45) is -2.91. The summed E-state index contributed by atoms with van der Waals surface area (Å²) < 4.78 is 46.2. The summed E-state index contributed by atoms with van der Waals surface area (Å²) in [5, 5.41) is 6.81. The number of carbonyl (C=O) groups excluding carboxylic acids is 1. The number of hydrogen-bond donors (Lipinski definition) is 0. The van der Waals surface area contributed by atoms with E-state index in [1.54, 1.807) is 17.0 Å². The molecule has 0 aliphatic carbocycles. The largest absolute Gasteiger partial charge is 0.415 e. The van der Waals surface area contributed by atoms with Gasteiger partial charge in [-0.2, -0.15) is 8.78 Å². The smallest absolute Gasteiger partial charge is 0.324 e. The number of likely N-dealkylation sites (N-methyl/N-ethyl adjacent to an activating group) is 1. The van der Waals surface area contributed by atoms with Crippen LogP contribution in [0.1, 0.15) is 17.9 Å². The molecule has 2 heterocycles. The number of piperazine rings is 1. The number of halogens is 4. The molecule has 7 nitrogen and oxygen atoms in total. The van der Waals surface area contributed by atoms with Crippen LogP contribution < -0.4 is 4.90 Å². The predicted octanol–water partition coefficient (Wildman–Crippen LogP) is 4.95. The zero-order valence-electron chi connectivity index (χ0n) is 17.7. The number of anilines is 1. The third-order valence-electron chi connectivity index (χ3n) is 5.40. The topological polar surface area (TPSA) is 65.7 Å². The Morgan fingerprint density at radius 3 is 2.42 bits per heavy atom. The number of alkyl halides is 2. The highest BCUT2D eigenvalue weighted by atomic mass is 79.9. The van der Waals surface area contributed by atoms with Gasteiger partial charge in [-0.25, -0.2) is 9.18 Å². The Bertz CT molecular complexity index is 1120. The van der Waals surface area contributed by atoms with Gasteiger partial charge in [0.2, 0.25) is 5.89 Å². The van der Waals surface area contributed by atoms with Gasteiger partial charge in [0.05, 0.1) is 6.54 Å². The van der Waals surface area contributed by atoms with Gasteiger partial charge in [-0.3, -0.25) is 4.90 Å². The van der Waals surface area contributed by atoms with E-state index in [0.717, 1.165) is 23.6 Å². The molecule has 4 rings (SSSR count). The standard InChI is InChI=1S/C22H21BrF3N5O2/c1-29-8-10-30(11-9-29)22(32)31(17-6-4-16(23)5-7-17)13-15-3-2-14(12-18(15)24)20-27-28-21(33-20)19(25)26/h2-7,12,19H,8-11,13H2,1H3. The van der Waals surface area contributed by atoms with Crippen molar-refractivity contribution in [3.05, 3.63) is 64.2 Å². The number of nitrogens with zero attached hydrogens (tertiary/aromatic N) is 5. The van der Waals surface area contributed by atoms with Gasteiger partial charge < -0.3 is 14.2 Å². The number of rotatable bonds is 5. The molecule has 0 saturated carbocycles. The van der Waals surface area contributed by atoms with Crippen LogP contribution in [0.5, 0.6) is 0 Å². The van der Waals surface area contributed by atoms with Gasteiger partial charge in [0, 0.05) is 47.5 Å². The van der Waals surface area contributed by atoms with Crippen LogP contribution in [0.15, 0.2) is 51.4 Å². The Balaban J connectivity index is 1.60. The maximum atomic E-state index is 15.0. The second-order valence-electron chi connectivity index (χ2n) is 7.69. The van der Waals surface area contributed by atoms with Crippen molar-refractivity contribution in [2.75, 3.05) is 38.1 Å². The van der Waals surface area contributed by atoms with Gasteiger partial charge in [0.25, 0.3) is 5.89 Å². The maximum Gasteiger partial charge on any atom is 0.324 e. The minimum atomic E-state index is -2.91. The molecule has 0 spiro atoms. The Morgan fingerprint density at radius 2 is 1.82 bits per heavy atom. The zero-order chi connectivity index (χ0) is 23.5. The van der Waals surface area contributed by atoms with E-state index >= 15 is 0 Å². The van der Waals surface area contributed by atoms with Crippen molar-refractivity contribution >= 4 is 27.6 Å². The molecule has 0 atom stereocenters. The van der Waals surface area contributed by atoms with E-state index in [2.05, 4.69) is 31.0 Å². The van der Waals surface area contributed by atoms with Crippen molar-refractivity contribution in [1.29, 1.82) is 0 Å². The number of benzene rings is 2. The van der Waals surface area contributed by atoms with Crippen molar-refractivity contribution in [1.82, 2.24) is 20.0 Å². The molecule has 1 aromatic heterocycles. The fourth-order valence-corrected chi connectivity index (χ4v) is 3.74. The first-order valence-electron chi connectivity index (χ1n) is 10.2. The summed E-state index contributed by atoms with van der Waals surface area (Å²) in [5.74, 6) is -1.64. The Kier molecular flexibility index (Phi) is 6.99. The molecule has 0 bridgehead atoms. The number of hydrogen-bond acceptors (Lipinski definition) is 5.